The van der Waals surface area contributed by atoms with E-state index in [1.54, 1.807) is 4.90 Å². The van der Waals surface area contributed by atoms with Crippen LogP contribution in [-0.4, -0.2) is 33.8 Å². The standard InChI is InChI=1S/C19H26N4O/c1-15-8-6-7-11-18(15)21-19(24)22(2)13-16-12-20-23(14-16)17-9-4-3-5-10-17/h3-5,9-10,12,14-15,18H,6-8,11,13H2,1-2H3,(H,21,24). The Kier molecular flexibility index (Phi) is 5.18. The van der Waals surface area contributed by atoms with E-state index in [9.17, 15) is 4.79 Å². The summed E-state index contributed by atoms with van der Waals surface area (Å²) in [6.45, 7) is 2.79. The second-order valence-electron chi connectivity index (χ2n) is 6.80. The number of nitrogens with zero attached hydrogens (tertiary/aromatic N) is 3. The zero-order valence-electron chi connectivity index (χ0n) is 14.5. The third-order valence-electron chi connectivity index (χ3n) is 4.84. The number of hydrogen-bond acceptors (Lipinski definition) is 2. The van der Waals surface area contributed by atoms with Crippen LogP contribution in [0.5, 0.6) is 0 Å². The van der Waals surface area contributed by atoms with Gasteiger partial charge in [0.05, 0.1) is 18.4 Å². The van der Waals surface area contributed by atoms with Crippen LogP contribution in [0.1, 0.15) is 38.2 Å². The van der Waals surface area contributed by atoms with E-state index in [4.69, 9.17) is 0 Å². The molecule has 0 spiro atoms. The van der Waals surface area contributed by atoms with Gasteiger partial charge in [0.15, 0.2) is 0 Å². The summed E-state index contributed by atoms with van der Waals surface area (Å²) in [5.41, 5.74) is 2.04. The average molecular weight is 326 g/mol. The van der Waals surface area contributed by atoms with E-state index in [0.717, 1.165) is 17.7 Å². The summed E-state index contributed by atoms with van der Waals surface area (Å²) in [5.74, 6) is 0.567. The molecule has 3 rings (SSSR count). The van der Waals surface area contributed by atoms with Crippen LogP contribution in [0.4, 0.5) is 4.79 Å². The van der Waals surface area contributed by atoms with Crippen LogP contribution in [0.2, 0.25) is 0 Å². The fraction of sp³-hybridized carbons (Fsp3) is 0.474. The highest BCUT2D eigenvalue weighted by Crippen LogP contribution is 2.23. The molecule has 1 aliphatic carbocycles. The number of carbonyl (C=O) groups is 1. The molecule has 1 fully saturated rings. The highest BCUT2D eigenvalue weighted by molar-refractivity contribution is 5.74. The number of nitrogens with one attached hydrogen (secondary N) is 1. The van der Waals surface area contributed by atoms with Gasteiger partial charge in [-0.2, -0.15) is 5.10 Å². The second-order valence-corrected chi connectivity index (χ2v) is 6.80. The highest BCUT2D eigenvalue weighted by atomic mass is 16.2. The quantitative estimate of drug-likeness (QED) is 0.933. The van der Waals surface area contributed by atoms with Crippen molar-refractivity contribution in [2.24, 2.45) is 5.92 Å². The van der Waals surface area contributed by atoms with Gasteiger partial charge in [0.1, 0.15) is 0 Å². The van der Waals surface area contributed by atoms with Crippen LogP contribution in [0, 0.1) is 5.92 Å². The predicted molar refractivity (Wildman–Crippen MR) is 95.0 cm³/mol. The molecule has 1 N–H and O–H groups in total. The van der Waals surface area contributed by atoms with Crippen molar-refractivity contribution in [1.82, 2.24) is 20.0 Å². The number of amides is 2. The Morgan fingerprint density at radius 3 is 2.79 bits per heavy atom. The molecule has 5 nitrogen and oxygen atoms in total. The molecule has 2 amide bonds. The van der Waals surface area contributed by atoms with Gasteiger partial charge in [-0.3, -0.25) is 0 Å². The van der Waals surface area contributed by atoms with Gasteiger partial charge in [0, 0.05) is 24.8 Å². The van der Waals surface area contributed by atoms with Crippen LogP contribution in [0.3, 0.4) is 0 Å². The SMILES string of the molecule is CC1CCCCC1NC(=O)N(C)Cc1cnn(-c2ccccc2)c1. The van der Waals surface area contributed by atoms with Crippen LogP contribution in [0.15, 0.2) is 42.7 Å². The van der Waals surface area contributed by atoms with Crippen molar-refractivity contribution < 1.29 is 4.79 Å². The average Bonchev–Trinajstić information content (AvgIpc) is 3.06. The van der Waals surface area contributed by atoms with E-state index < -0.39 is 0 Å². The first kappa shape index (κ1) is 16.6. The van der Waals surface area contributed by atoms with Gasteiger partial charge in [-0.15, -0.1) is 0 Å². The Balaban J connectivity index is 1.57. The van der Waals surface area contributed by atoms with Gasteiger partial charge >= 0.3 is 6.03 Å². The molecule has 128 valence electrons. The zero-order valence-corrected chi connectivity index (χ0v) is 14.5. The smallest absolute Gasteiger partial charge is 0.317 e. The highest BCUT2D eigenvalue weighted by Gasteiger charge is 2.24. The van der Waals surface area contributed by atoms with Crippen molar-refractivity contribution >= 4 is 6.03 Å². The first-order valence-electron chi connectivity index (χ1n) is 8.74. The van der Waals surface area contributed by atoms with Crippen LogP contribution >= 0.6 is 0 Å². The van der Waals surface area contributed by atoms with E-state index >= 15 is 0 Å². The normalized spacial score (nSPS) is 20.6. The molecular weight excluding hydrogens is 300 g/mol. The molecule has 5 heteroatoms. The molecule has 1 heterocycles. The van der Waals surface area contributed by atoms with Gasteiger partial charge in [-0.05, 0) is 30.9 Å². The molecule has 1 aliphatic rings. The number of aromatic nitrogens is 2. The zero-order chi connectivity index (χ0) is 16.9. The molecule has 0 radical (unpaired) electrons. The van der Waals surface area contributed by atoms with Gasteiger partial charge in [0.2, 0.25) is 0 Å². The predicted octanol–water partition coefficient (Wildman–Crippen LogP) is 3.59. The molecule has 0 bridgehead atoms. The lowest BCUT2D eigenvalue weighted by atomic mass is 9.86. The summed E-state index contributed by atoms with van der Waals surface area (Å²) < 4.78 is 1.84. The maximum absolute atomic E-state index is 12.4. The van der Waals surface area contributed by atoms with Crippen molar-refractivity contribution in [3.63, 3.8) is 0 Å². The van der Waals surface area contributed by atoms with E-state index in [1.165, 1.54) is 19.3 Å². The minimum Gasteiger partial charge on any atom is -0.335 e. The molecular formula is C19H26N4O. The Hall–Kier alpha value is -2.30. The molecule has 2 atom stereocenters. The lowest BCUT2D eigenvalue weighted by Crippen LogP contribution is -2.46. The molecule has 1 aromatic carbocycles. The molecule has 1 aromatic heterocycles. The lowest BCUT2D eigenvalue weighted by molar-refractivity contribution is 0.190. The number of hydrogen-bond donors (Lipinski definition) is 1. The molecule has 24 heavy (non-hydrogen) atoms. The number of para-hydroxylation sites is 1. The van der Waals surface area contributed by atoms with Gasteiger partial charge in [0.25, 0.3) is 0 Å². The lowest BCUT2D eigenvalue weighted by Gasteiger charge is -2.31. The third-order valence-corrected chi connectivity index (χ3v) is 4.84. The molecule has 0 aliphatic heterocycles. The van der Waals surface area contributed by atoms with E-state index in [2.05, 4.69) is 17.3 Å². The monoisotopic (exact) mass is 326 g/mol. The van der Waals surface area contributed by atoms with E-state index in [0.29, 0.717) is 18.5 Å². The fourth-order valence-corrected chi connectivity index (χ4v) is 3.31. The van der Waals surface area contributed by atoms with Crippen molar-refractivity contribution in [2.75, 3.05) is 7.05 Å². The number of benzene rings is 1. The Labute approximate surface area is 143 Å². The summed E-state index contributed by atoms with van der Waals surface area (Å²) in [7, 11) is 1.84. The Morgan fingerprint density at radius 1 is 1.29 bits per heavy atom. The molecule has 0 saturated heterocycles. The van der Waals surface area contributed by atoms with E-state index in [1.807, 2.05) is 54.5 Å². The van der Waals surface area contributed by atoms with Crippen molar-refractivity contribution in [3.8, 4) is 5.69 Å². The van der Waals surface area contributed by atoms with Crippen LogP contribution in [-0.2, 0) is 6.54 Å². The summed E-state index contributed by atoms with van der Waals surface area (Å²) in [4.78, 5) is 14.2. The van der Waals surface area contributed by atoms with Crippen molar-refractivity contribution in [1.29, 1.82) is 0 Å². The van der Waals surface area contributed by atoms with E-state index in [-0.39, 0.29) is 6.03 Å². The molecule has 1 saturated carbocycles. The summed E-state index contributed by atoms with van der Waals surface area (Å²) >= 11 is 0. The topological polar surface area (TPSA) is 50.2 Å². The Morgan fingerprint density at radius 2 is 2.04 bits per heavy atom. The minimum atomic E-state index is 0.00112. The van der Waals surface area contributed by atoms with Crippen molar-refractivity contribution in [2.45, 2.75) is 45.2 Å². The Bertz CT molecular complexity index is 667. The molecule has 2 unspecified atom stereocenters. The number of rotatable bonds is 4. The molecule has 2 aromatic rings. The third kappa shape index (κ3) is 3.96. The maximum Gasteiger partial charge on any atom is 0.317 e. The minimum absolute atomic E-state index is 0.00112. The van der Waals surface area contributed by atoms with Crippen LogP contribution in [0.25, 0.3) is 5.69 Å². The van der Waals surface area contributed by atoms with Crippen LogP contribution < -0.4 is 5.32 Å². The summed E-state index contributed by atoms with van der Waals surface area (Å²) in [5, 5.41) is 7.57. The van der Waals surface area contributed by atoms with Gasteiger partial charge in [-0.1, -0.05) is 38.0 Å². The largest absolute Gasteiger partial charge is 0.335 e. The first-order valence-corrected chi connectivity index (χ1v) is 8.74. The number of urea groups is 1. The van der Waals surface area contributed by atoms with Gasteiger partial charge < -0.3 is 10.2 Å². The maximum atomic E-state index is 12.4. The fourth-order valence-electron chi connectivity index (χ4n) is 3.31. The number of carbonyl (C=O) groups excluding carboxylic acids is 1. The summed E-state index contributed by atoms with van der Waals surface area (Å²) in [6.07, 6.45) is 8.58. The first-order chi connectivity index (χ1) is 11.6. The second kappa shape index (κ2) is 7.51. The van der Waals surface area contributed by atoms with Gasteiger partial charge in [-0.25, -0.2) is 9.48 Å². The van der Waals surface area contributed by atoms with Crippen molar-refractivity contribution in [3.05, 3.63) is 48.3 Å². The summed E-state index contributed by atoms with van der Waals surface area (Å²) in [6, 6.07) is 10.3.